The Balaban J connectivity index is 2.30. The average molecular weight is 346 g/mol. The molecule has 0 aromatic heterocycles. The molecular weight excluding hydrogens is 330 g/mol. The largest absolute Gasteiger partial charge is 0.478 e. The van der Waals surface area contributed by atoms with Crippen molar-refractivity contribution in [2.45, 2.75) is 13.8 Å². The number of carbonyl (C=O) groups excluding carboxylic acids is 2. The van der Waals surface area contributed by atoms with Crippen molar-refractivity contribution in [1.29, 1.82) is 0 Å². The van der Waals surface area contributed by atoms with E-state index in [2.05, 4.69) is 5.32 Å². The highest BCUT2D eigenvalue weighted by atomic mass is 35.5. The van der Waals surface area contributed by atoms with E-state index in [1.54, 1.807) is 32.0 Å². The highest BCUT2D eigenvalue weighted by Gasteiger charge is 2.16. The number of carboxylic acids is 1. The molecule has 0 unspecified atom stereocenters. The lowest BCUT2D eigenvalue weighted by Crippen LogP contribution is -2.16. The van der Waals surface area contributed by atoms with Crippen LogP contribution in [0.4, 0.5) is 5.69 Å². The number of ketones is 1. The maximum atomic E-state index is 12.4. The minimum absolute atomic E-state index is 0.0673. The van der Waals surface area contributed by atoms with Crippen LogP contribution in [0.5, 0.6) is 0 Å². The van der Waals surface area contributed by atoms with Gasteiger partial charge in [-0.15, -0.1) is 0 Å². The van der Waals surface area contributed by atoms with Crippen molar-refractivity contribution >= 4 is 34.9 Å². The van der Waals surface area contributed by atoms with Gasteiger partial charge in [0.25, 0.3) is 5.91 Å². The molecule has 2 N–H and O–H groups in total. The van der Waals surface area contributed by atoms with Crippen LogP contribution in [0, 0.1) is 5.92 Å². The van der Waals surface area contributed by atoms with E-state index in [9.17, 15) is 19.5 Å². The lowest BCUT2D eigenvalue weighted by molar-refractivity contribution is 0.0697. The number of Topliss-reactive ketones (excluding diaryl/α,β-unsaturated/α-hetero) is 1. The molecule has 124 valence electrons. The normalized spacial score (nSPS) is 10.5. The summed E-state index contributed by atoms with van der Waals surface area (Å²) in [5, 5.41) is 12.0. The van der Waals surface area contributed by atoms with Crippen LogP contribution in [-0.2, 0) is 0 Å². The predicted octanol–water partition coefficient (Wildman–Crippen LogP) is 4.13. The van der Waals surface area contributed by atoms with E-state index in [1.165, 1.54) is 24.3 Å². The second-order valence-electron chi connectivity index (χ2n) is 5.55. The summed E-state index contributed by atoms with van der Waals surface area (Å²) >= 11 is 5.79. The lowest BCUT2D eigenvalue weighted by Gasteiger charge is -2.10. The van der Waals surface area contributed by atoms with Crippen LogP contribution in [0.1, 0.15) is 44.9 Å². The number of halogens is 1. The first-order chi connectivity index (χ1) is 11.3. The van der Waals surface area contributed by atoms with Crippen molar-refractivity contribution in [1.82, 2.24) is 0 Å². The van der Waals surface area contributed by atoms with E-state index in [1.807, 2.05) is 0 Å². The van der Waals surface area contributed by atoms with Crippen molar-refractivity contribution in [3.63, 3.8) is 0 Å². The summed E-state index contributed by atoms with van der Waals surface area (Å²) in [6.07, 6.45) is 0. The van der Waals surface area contributed by atoms with Crippen LogP contribution >= 0.6 is 11.6 Å². The van der Waals surface area contributed by atoms with Crippen LogP contribution in [0.3, 0.4) is 0 Å². The predicted molar refractivity (Wildman–Crippen MR) is 92.0 cm³/mol. The van der Waals surface area contributed by atoms with Gasteiger partial charge < -0.3 is 10.4 Å². The van der Waals surface area contributed by atoms with Crippen molar-refractivity contribution < 1.29 is 19.5 Å². The monoisotopic (exact) mass is 345 g/mol. The second kappa shape index (κ2) is 7.27. The highest BCUT2D eigenvalue weighted by molar-refractivity contribution is 6.31. The first kappa shape index (κ1) is 17.7. The van der Waals surface area contributed by atoms with Gasteiger partial charge >= 0.3 is 5.97 Å². The van der Waals surface area contributed by atoms with Crippen molar-refractivity contribution in [3.8, 4) is 0 Å². The topological polar surface area (TPSA) is 83.5 Å². The minimum atomic E-state index is -1.20. The maximum Gasteiger partial charge on any atom is 0.337 e. The third-order valence-corrected chi connectivity index (χ3v) is 3.63. The minimum Gasteiger partial charge on any atom is -0.478 e. The van der Waals surface area contributed by atoms with Gasteiger partial charge in [0.2, 0.25) is 0 Å². The van der Waals surface area contributed by atoms with Crippen molar-refractivity contribution in [2.24, 2.45) is 5.92 Å². The molecule has 6 heteroatoms. The van der Waals surface area contributed by atoms with Gasteiger partial charge in [-0.05, 0) is 30.3 Å². The van der Waals surface area contributed by atoms with Gasteiger partial charge in [-0.25, -0.2) is 4.79 Å². The Hall–Kier alpha value is -2.66. The second-order valence-corrected chi connectivity index (χ2v) is 5.99. The molecule has 0 bridgehead atoms. The number of carboxylic acid groups (broad SMARTS) is 1. The van der Waals surface area contributed by atoms with Gasteiger partial charge in [0.15, 0.2) is 5.78 Å². The lowest BCUT2D eigenvalue weighted by atomic mass is 9.99. The van der Waals surface area contributed by atoms with E-state index in [-0.39, 0.29) is 33.5 Å². The number of nitrogens with one attached hydrogen (secondary N) is 1. The molecule has 0 aliphatic carbocycles. The van der Waals surface area contributed by atoms with Gasteiger partial charge in [0.1, 0.15) is 0 Å². The summed E-state index contributed by atoms with van der Waals surface area (Å²) in [7, 11) is 0. The van der Waals surface area contributed by atoms with Crippen LogP contribution in [-0.4, -0.2) is 22.8 Å². The summed E-state index contributed by atoms with van der Waals surface area (Å²) in [6.45, 7) is 3.56. The molecule has 2 aromatic rings. The molecule has 2 aromatic carbocycles. The number of rotatable bonds is 5. The van der Waals surface area contributed by atoms with Crippen molar-refractivity contribution in [2.75, 3.05) is 5.32 Å². The first-order valence-corrected chi connectivity index (χ1v) is 7.66. The fourth-order valence-electron chi connectivity index (χ4n) is 2.14. The summed E-state index contributed by atoms with van der Waals surface area (Å²) in [4.78, 5) is 35.7. The molecule has 0 saturated heterocycles. The third-order valence-electron chi connectivity index (χ3n) is 3.39. The van der Waals surface area contributed by atoms with Crippen LogP contribution in [0.2, 0.25) is 5.02 Å². The fraction of sp³-hybridized carbons (Fsp3) is 0.167. The Morgan fingerprint density at radius 1 is 1.04 bits per heavy atom. The summed E-state index contributed by atoms with van der Waals surface area (Å²) in [6, 6.07) is 10.5. The zero-order valence-electron chi connectivity index (χ0n) is 13.2. The van der Waals surface area contributed by atoms with Gasteiger partial charge in [-0.3, -0.25) is 9.59 Å². The van der Waals surface area contributed by atoms with Crippen molar-refractivity contribution in [3.05, 3.63) is 64.2 Å². The summed E-state index contributed by atoms with van der Waals surface area (Å²) in [5.74, 6) is -1.95. The Morgan fingerprint density at radius 3 is 2.33 bits per heavy atom. The number of hydrogen-bond donors (Lipinski definition) is 2. The molecule has 0 aliphatic heterocycles. The molecule has 0 radical (unpaired) electrons. The van der Waals surface area contributed by atoms with Gasteiger partial charge in [0, 0.05) is 22.1 Å². The molecule has 0 heterocycles. The molecule has 1 amide bonds. The van der Waals surface area contributed by atoms with Crippen LogP contribution in [0.25, 0.3) is 0 Å². The molecule has 0 atom stereocenters. The summed E-state index contributed by atoms with van der Waals surface area (Å²) in [5.41, 5.74) is 0.739. The molecule has 0 saturated carbocycles. The number of anilines is 1. The average Bonchev–Trinajstić information content (AvgIpc) is 2.55. The number of benzene rings is 2. The highest BCUT2D eigenvalue weighted by Crippen LogP contribution is 2.22. The maximum absolute atomic E-state index is 12.4. The Labute approximate surface area is 144 Å². The third kappa shape index (κ3) is 4.00. The van der Waals surface area contributed by atoms with Gasteiger partial charge in [-0.2, -0.15) is 0 Å². The molecular formula is C18H16ClNO4. The smallest absolute Gasteiger partial charge is 0.337 e. The molecule has 0 fully saturated rings. The Morgan fingerprint density at radius 2 is 1.71 bits per heavy atom. The molecule has 0 aliphatic rings. The first-order valence-electron chi connectivity index (χ1n) is 7.28. The zero-order valence-corrected chi connectivity index (χ0v) is 13.9. The van der Waals surface area contributed by atoms with E-state index in [0.29, 0.717) is 5.56 Å². The van der Waals surface area contributed by atoms with E-state index in [4.69, 9.17) is 11.6 Å². The van der Waals surface area contributed by atoms with E-state index < -0.39 is 11.9 Å². The molecule has 24 heavy (non-hydrogen) atoms. The quantitative estimate of drug-likeness (QED) is 0.798. The Bertz CT molecular complexity index is 814. The van der Waals surface area contributed by atoms with Crippen LogP contribution in [0.15, 0.2) is 42.5 Å². The van der Waals surface area contributed by atoms with E-state index in [0.717, 1.165) is 0 Å². The number of hydrogen-bond acceptors (Lipinski definition) is 3. The SMILES string of the molecule is CC(C)C(=O)c1cccc(C(=O)Nc2ccc(Cl)cc2C(=O)O)c1. The van der Waals surface area contributed by atoms with Gasteiger partial charge in [0.05, 0.1) is 11.3 Å². The summed E-state index contributed by atoms with van der Waals surface area (Å²) < 4.78 is 0. The molecule has 2 rings (SSSR count). The number of carbonyl (C=O) groups is 3. The standard InChI is InChI=1S/C18H16ClNO4/c1-10(2)16(21)11-4-3-5-12(8-11)17(22)20-15-7-6-13(19)9-14(15)18(23)24/h3-10H,1-2H3,(H,20,22)(H,23,24). The number of aromatic carboxylic acids is 1. The molecule has 5 nitrogen and oxygen atoms in total. The van der Waals surface area contributed by atoms with Gasteiger partial charge in [-0.1, -0.05) is 37.6 Å². The molecule has 0 spiro atoms. The van der Waals surface area contributed by atoms with E-state index >= 15 is 0 Å². The fourth-order valence-corrected chi connectivity index (χ4v) is 2.32. The number of amides is 1. The van der Waals surface area contributed by atoms with Crippen LogP contribution < -0.4 is 5.32 Å². The Kier molecular flexibility index (Phi) is 5.36. The zero-order chi connectivity index (χ0) is 17.9.